The van der Waals surface area contributed by atoms with Crippen LogP contribution in [-0.2, 0) is 16.0 Å². The summed E-state index contributed by atoms with van der Waals surface area (Å²) in [5.41, 5.74) is 1.27. The maximum atomic E-state index is 12.2. The molecule has 0 unspecified atom stereocenters. The number of hydrogen-bond donors (Lipinski definition) is 2. The summed E-state index contributed by atoms with van der Waals surface area (Å²) in [5.74, 6) is -0.335. The number of carbonyl (C=O) groups is 2. The van der Waals surface area contributed by atoms with E-state index in [2.05, 4.69) is 22.3 Å². The Balaban J connectivity index is 1.59. The maximum absolute atomic E-state index is 12.2. The Morgan fingerprint density at radius 2 is 1.95 bits per heavy atom. The van der Waals surface area contributed by atoms with Gasteiger partial charge in [0.25, 0.3) is 0 Å². The summed E-state index contributed by atoms with van der Waals surface area (Å²) < 4.78 is 0. The SMILES string of the molecule is O=C1N[C@H](CO)C(=O)N2CCN(CCc3ccccc3)C[C@H]12. The molecule has 6 heteroatoms. The van der Waals surface area contributed by atoms with Gasteiger partial charge in [0.15, 0.2) is 0 Å². The van der Waals surface area contributed by atoms with Crippen LogP contribution in [-0.4, -0.2) is 71.6 Å². The van der Waals surface area contributed by atoms with E-state index < -0.39 is 12.1 Å². The molecule has 1 aromatic carbocycles. The fourth-order valence-corrected chi connectivity index (χ4v) is 3.12. The minimum Gasteiger partial charge on any atom is -0.394 e. The third kappa shape index (κ3) is 2.98. The van der Waals surface area contributed by atoms with Crippen molar-refractivity contribution in [3.8, 4) is 0 Å². The van der Waals surface area contributed by atoms with Gasteiger partial charge in [-0.3, -0.25) is 14.5 Å². The van der Waals surface area contributed by atoms with Gasteiger partial charge in [-0.2, -0.15) is 0 Å². The summed E-state index contributed by atoms with van der Waals surface area (Å²) >= 11 is 0. The largest absolute Gasteiger partial charge is 0.394 e. The molecule has 2 N–H and O–H groups in total. The van der Waals surface area contributed by atoms with Gasteiger partial charge in [0.05, 0.1) is 6.61 Å². The fourth-order valence-electron chi connectivity index (χ4n) is 3.12. The summed E-state index contributed by atoms with van der Waals surface area (Å²) in [5, 5.41) is 11.8. The van der Waals surface area contributed by atoms with Crippen LogP contribution in [0.1, 0.15) is 5.56 Å². The Hall–Kier alpha value is -1.92. The summed E-state index contributed by atoms with van der Waals surface area (Å²) in [6.45, 7) is 2.40. The second-order valence-electron chi connectivity index (χ2n) is 5.83. The second-order valence-corrected chi connectivity index (χ2v) is 5.83. The van der Waals surface area contributed by atoms with Crippen LogP contribution in [0.15, 0.2) is 30.3 Å². The quantitative estimate of drug-likeness (QED) is 0.766. The number of nitrogens with zero attached hydrogens (tertiary/aromatic N) is 2. The first-order chi connectivity index (χ1) is 10.7. The van der Waals surface area contributed by atoms with Gasteiger partial charge >= 0.3 is 0 Å². The van der Waals surface area contributed by atoms with Crippen LogP contribution in [0.25, 0.3) is 0 Å². The lowest BCUT2D eigenvalue weighted by molar-refractivity contribution is -0.154. The normalized spacial score (nSPS) is 25.8. The van der Waals surface area contributed by atoms with E-state index in [-0.39, 0.29) is 18.4 Å². The number of nitrogens with one attached hydrogen (secondary N) is 1. The Kier molecular flexibility index (Phi) is 4.40. The molecule has 22 heavy (non-hydrogen) atoms. The minimum atomic E-state index is -0.778. The number of carbonyl (C=O) groups excluding carboxylic acids is 2. The van der Waals surface area contributed by atoms with Crippen LogP contribution in [0.5, 0.6) is 0 Å². The molecule has 0 aliphatic carbocycles. The lowest BCUT2D eigenvalue weighted by Crippen LogP contribution is -2.69. The number of amides is 2. The average Bonchev–Trinajstić information content (AvgIpc) is 2.57. The monoisotopic (exact) mass is 303 g/mol. The molecule has 0 saturated carbocycles. The summed E-state index contributed by atoms with van der Waals surface area (Å²) in [6.07, 6.45) is 0.933. The molecule has 2 fully saturated rings. The molecule has 2 amide bonds. The minimum absolute atomic E-state index is 0.164. The predicted octanol–water partition coefficient (Wildman–Crippen LogP) is -0.767. The third-order valence-electron chi connectivity index (χ3n) is 4.41. The highest BCUT2D eigenvalue weighted by Gasteiger charge is 2.42. The van der Waals surface area contributed by atoms with E-state index in [1.165, 1.54) is 5.56 Å². The van der Waals surface area contributed by atoms with Crippen molar-refractivity contribution in [2.75, 3.05) is 32.8 Å². The molecule has 0 spiro atoms. The first-order valence-electron chi connectivity index (χ1n) is 7.67. The van der Waals surface area contributed by atoms with Crippen LogP contribution in [0.2, 0.25) is 0 Å². The van der Waals surface area contributed by atoms with Crippen LogP contribution < -0.4 is 5.32 Å². The highest BCUT2D eigenvalue weighted by Crippen LogP contribution is 2.16. The molecule has 2 atom stereocenters. The van der Waals surface area contributed by atoms with Crippen molar-refractivity contribution in [2.45, 2.75) is 18.5 Å². The summed E-state index contributed by atoms with van der Waals surface area (Å²) in [6, 6.07) is 9.03. The number of benzene rings is 1. The second kappa shape index (κ2) is 6.46. The lowest BCUT2D eigenvalue weighted by atomic mass is 10.0. The van der Waals surface area contributed by atoms with Gasteiger partial charge in [-0.1, -0.05) is 30.3 Å². The Bertz CT molecular complexity index is 549. The Morgan fingerprint density at radius 3 is 2.68 bits per heavy atom. The van der Waals surface area contributed by atoms with Crippen LogP contribution >= 0.6 is 0 Å². The summed E-state index contributed by atoms with van der Waals surface area (Å²) in [4.78, 5) is 28.1. The van der Waals surface area contributed by atoms with Crippen molar-refractivity contribution >= 4 is 11.8 Å². The zero-order valence-electron chi connectivity index (χ0n) is 12.4. The summed E-state index contributed by atoms with van der Waals surface area (Å²) in [7, 11) is 0. The highest BCUT2D eigenvalue weighted by atomic mass is 16.3. The number of hydrogen-bond acceptors (Lipinski definition) is 4. The zero-order chi connectivity index (χ0) is 15.5. The highest BCUT2D eigenvalue weighted by molar-refractivity contribution is 5.97. The van der Waals surface area contributed by atoms with E-state index in [9.17, 15) is 9.59 Å². The van der Waals surface area contributed by atoms with E-state index in [1.54, 1.807) is 4.90 Å². The van der Waals surface area contributed by atoms with Crippen molar-refractivity contribution in [2.24, 2.45) is 0 Å². The molecule has 2 aliphatic rings. The first-order valence-corrected chi connectivity index (χ1v) is 7.67. The first kappa shape index (κ1) is 15.0. The fraction of sp³-hybridized carbons (Fsp3) is 0.500. The average molecular weight is 303 g/mol. The molecule has 2 heterocycles. The number of aliphatic hydroxyl groups is 1. The van der Waals surface area contributed by atoms with E-state index in [4.69, 9.17) is 5.11 Å². The molecule has 0 bridgehead atoms. The Morgan fingerprint density at radius 1 is 1.18 bits per heavy atom. The van der Waals surface area contributed by atoms with Gasteiger partial charge in [-0.25, -0.2) is 0 Å². The molecule has 2 aliphatic heterocycles. The standard InChI is InChI=1S/C16H21N3O3/c20-11-13-16(22)19-9-8-18(10-14(19)15(21)17-13)7-6-12-4-2-1-3-5-12/h1-5,13-14,20H,6-11H2,(H,17,21)/t13-,14-/m1/s1. The van der Waals surface area contributed by atoms with E-state index in [0.29, 0.717) is 13.1 Å². The third-order valence-corrected chi connectivity index (χ3v) is 4.41. The van der Waals surface area contributed by atoms with Gasteiger partial charge in [-0.15, -0.1) is 0 Å². The predicted molar refractivity (Wildman–Crippen MR) is 81.1 cm³/mol. The van der Waals surface area contributed by atoms with Crippen molar-refractivity contribution in [3.63, 3.8) is 0 Å². The van der Waals surface area contributed by atoms with Gasteiger partial charge < -0.3 is 15.3 Å². The molecule has 2 saturated heterocycles. The maximum Gasteiger partial charge on any atom is 0.248 e. The van der Waals surface area contributed by atoms with Gasteiger partial charge in [-0.05, 0) is 12.0 Å². The molecular formula is C16H21N3O3. The molecule has 118 valence electrons. The van der Waals surface area contributed by atoms with E-state index in [0.717, 1.165) is 19.5 Å². The van der Waals surface area contributed by atoms with E-state index >= 15 is 0 Å². The Labute approximate surface area is 129 Å². The molecule has 0 radical (unpaired) electrons. The van der Waals surface area contributed by atoms with Crippen LogP contribution in [0.4, 0.5) is 0 Å². The molecular weight excluding hydrogens is 282 g/mol. The molecule has 1 aromatic rings. The number of piperazine rings is 2. The number of rotatable bonds is 4. The number of aliphatic hydroxyl groups excluding tert-OH is 1. The smallest absolute Gasteiger partial charge is 0.248 e. The van der Waals surface area contributed by atoms with Gasteiger partial charge in [0, 0.05) is 26.2 Å². The van der Waals surface area contributed by atoms with Crippen LogP contribution in [0.3, 0.4) is 0 Å². The zero-order valence-corrected chi connectivity index (χ0v) is 12.4. The topological polar surface area (TPSA) is 72.9 Å². The van der Waals surface area contributed by atoms with E-state index in [1.807, 2.05) is 18.2 Å². The van der Waals surface area contributed by atoms with Crippen LogP contribution in [0, 0.1) is 0 Å². The van der Waals surface area contributed by atoms with Crippen molar-refractivity contribution < 1.29 is 14.7 Å². The molecule has 6 nitrogen and oxygen atoms in total. The number of fused-ring (bicyclic) bond motifs is 1. The van der Waals surface area contributed by atoms with Crippen molar-refractivity contribution in [1.29, 1.82) is 0 Å². The van der Waals surface area contributed by atoms with Crippen molar-refractivity contribution in [1.82, 2.24) is 15.1 Å². The van der Waals surface area contributed by atoms with Crippen molar-refractivity contribution in [3.05, 3.63) is 35.9 Å². The lowest BCUT2D eigenvalue weighted by Gasteiger charge is -2.45. The molecule has 0 aromatic heterocycles. The van der Waals surface area contributed by atoms with Gasteiger partial charge in [0.1, 0.15) is 12.1 Å². The van der Waals surface area contributed by atoms with Gasteiger partial charge in [0.2, 0.25) is 11.8 Å². The molecule has 3 rings (SSSR count).